The molecule has 3 rings (SSSR count). The van der Waals surface area contributed by atoms with Crippen LogP contribution in [0.25, 0.3) is 22.0 Å². The normalized spacial score (nSPS) is 10.3. The molecule has 0 radical (unpaired) electrons. The quantitative estimate of drug-likeness (QED) is 0.782. The molecule has 0 spiro atoms. The van der Waals surface area contributed by atoms with Crippen LogP contribution in [0.2, 0.25) is 0 Å². The van der Waals surface area contributed by atoms with Gasteiger partial charge in [-0.05, 0) is 23.8 Å². The van der Waals surface area contributed by atoms with Gasteiger partial charge >= 0.3 is 0 Å². The molecule has 102 valence electrons. The Kier molecular flexibility index (Phi) is 3.17. The van der Waals surface area contributed by atoms with Crippen molar-refractivity contribution in [2.75, 3.05) is 7.11 Å². The second-order valence-electron chi connectivity index (χ2n) is 4.59. The van der Waals surface area contributed by atoms with E-state index in [2.05, 4.69) is 11.1 Å². The first-order chi connectivity index (χ1) is 10.2. The highest BCUT2D eigenvalue weighted by molar-refractivity contribution is 5.92. The van der Waals surface area contributed by atoms with E-state index in [4.69, 9.17) is 4.74 Å². The van der Waals surface area contributed by atoms with E-state index < -0.39 is 0 Å². The molecule has 0 atom stereocenters. The molecule has 0 fully saturated rings. The summed E-state index contributed by atoms with van der Waals surface area (Å²) in [5, 5.41) is 10.2. The highest BCUT2D eigenvalue weighted by Crippen LogP contribution is 2.27. The summed E-state index contributed by atoms with van der Waals surface area (Å²) in [5.74, 6) is 0.644. The molecule has 1 heterocycles. The van der Waals surface area contributed by atoms with Crippen molar-refractivity contribution in [3.8, 4) is 22.9 Å². The number of nitrogens with one attached hydrogen (secondary N) is 1. The van der Waals surface area contributed by atoms with Gasteiger partial charge in [0.1, 0.15) is 11.8 Å². The fourth-order valence-corrected chi connectivity index (χ4v) is 2.40. The summed E-state index contributed by atoms with van der Waals surface area (Å²) in [4.78, 5) is 15.2. The Morgan fingerprint density at radius 1 is 1.14 bits per heavy atom. The van der Waals surface area contributed by atoms with Gasteiger partial charge in [0.15, 0.2) is 0 Å². The first-order valence-electron chi connectivity index (χ1n) is 6.44. The maximum Gasteiger partial charge on any atom is 0.257 e. The predicted molar refractivity (Wildman–Crippen MR) is 81.3 cm³/mol. The van der Waals surface area contributed by atoms with E-state index in [-0.39, 0.29) is 5.56 Å². The molecular formula is C17H12N2O2. The summed E-state index contributed by atoms with van der Waals surface area (Å²) in [7, 11) is 1.57. The number of fused-ring (bicyclic) bond motifs is 1. The molecule has 1 aromatic heterocycles. The van der Waals surface area contributed by atoms with Crippen LogP contribution in [0.1, 0.15) is 5.56 Å². The van der Waals surface area contributed by atoms with Gasteiger partial charge in [-0.15, -0.1) is 0 Å². The first kappa shape index (κ1) is 12.9. The lowest BCUT2D eigenvalue weighted by Crippen LogP contribution is -2.11. The van der Waals surface area contributed by atoms with Crippen molar-refractivity contribution in [2.24, 2.45) is 0 Å². The Morgan fingerprint density at radius 2 is 1.90 bits per heavy atom. The average molecular weight is 276 g/mol. The molecular weight excluding hydrogens is 264 g/mol. The number of benzene rings is 2. The summed E-state index contributed by atoms with van der Waals surface area (Å²) in [6.45, 7) is 0. The van der Waals surface area contributed by atoms with E-state index in [1.807, 2.05) is 30.3 Å². The Bertz CT molecular complexity index is 906. The van der Waals surface area contributed by atoms with Gasteiger partial charge in [-0.3, -0.25) is 4.79 Å². The third kappa shape index (κ3) is 2.15. The molecule has 0 aliphatic carbocycles. The zero-order valence-electron chi connectivity index (χ0n) is 11.4. The Hall–Kier alpha value is -3.06. The van der Waals surface area contributed by atoms with Gasteiger partial charge in [-0.1, -0.05) is 30.3 Å². The van der Waals surface area contributed by atoms with Gasteiger partial charge < -0.3 is 9.72 Å². The van der Waals surface area contributed by atoms with Crippen molar-refractivity contribution < 1.29 is 4.74 Å². The van der Waals surface area contributed by atoms with E-state index in [1.165, 1.54) is 0 Å². The summed E-state index contributed by atoms with van der Waals surface area (Å²) < 4.78 is 5.20. The number of hydrogen-bond acceptors (Lipinski definition) is 3. The lowest BCUT2D eigenvalue weighted by Gasteiger charge is -2.08. The molecule has 0 aliphatic rings. The fraction of sp³-hybridized carbons (Fsp3) is 0.0588. The third-order valence-electron chi connectivity index (χ3n) is 3.40. The fourth-order valence-electron chi connectivity index (χ4n) is 2.40. The molecule has 21 heavy (non-hydrogen) atoms. The molecule has 1 N–H and O–H groups in total. The summed E-state index contributed by atoms with van der Waals surface area (Å²) in [6, 6.07) is 16.6. The van der Waals surface area contributed by atoms with Crippen molar-refractivity contribution in [2.45, 2.75) is 0 Å². The zero-order chi connectivity index (χ0) is 14.8. The van der Waals surface area contributed by atoms with Crippen molar-refractivity contribution in [3.63, 3.8) is 0 Å². The number of rotatable bonds is 2. The minimum absolute atomic E-state index is 0.268. The van der Waals surface area contributed by atoms with Crippen LogP contribution >= 0.6 is 0 Å². The Balaban J connectivity index is 2.43. The lowest BCUT2D eigenvalue weighted by molar-refractivity contribution is 0.415. The molecule has 2 aromatic carbocycles. The molecule has 3 aromatic rings. The van der Waals surface area contributed by atoms with Crippen molar-refractivity contribution >= 4 is 10.9 Å². The van der Waals surface area contributed by atoms with E-state index in [0.717, 1.165) is 5.56 Å². The van der Waals surface area contributed by atoms with Crippen LogP contribution in [0, 0.1) is 11.3 Å². The summed E-state index contributed by atoms with van der Waals surface area (Å²) >= 11 is 0. The van der Waals surface area contributed by atoms with E-state index in [1.54, 1.807) is 25.3 Å². The number of ether oxygens (including phenoxy) is 1. The molecule has 0 bridgehead atoms. The van der Waals surface area contributed by atoms with Crippen molar-refractivity contribution in [3.05, 3.63) is 64.4 Å². The van der Waals surface area contributed by atoms with E-state index in [0.29, 0.717) is 27.8 Å². The van der Waals surface area contributed by atoms with Crippen LogP contribution in [0.15, 0.2) is 53.3 Å². The standard InChI is InChI=1S/C17H12N2O2/c1-21-12-7-8-15-13(9-12)14(10-18)16(17(20)19-15)11-5-3-2-4-6-11/h2-9H,1H3,(H,19,20). The molecule has 0 saturated heterocycles. The first-order valence-corrected chi connectivity index (χ1v) is 6.44. The topological polar surface area (TPSA) is 65.9 Å². The van der Waals surface area contributed by atoms with Gasteiger partial charge in [-0.25, -0.2) is 0 Å². The minimum atomic E-state index is -0.268. The third-order valence-corrected chi connectivity index (χ3v) is 3.40. The number of aromatic amines is 1. The van der Waals surface area contributed by atoms with Gasteiger partial charge in [0.25, 0.3) is 5.56 Å². The number of methoxy groups -OCH3 is 1. The highest BCUT2D eigenvalue weighted by Gasteiger charge is 2.14. The van der Waals surface area contributed by atoms with Crippen LogP contribution in [0.4, 0.5) is 0 Å². The second-order valence-corrected chi connectivity index (χ2v) is 4.59. The van der Waals surface area contributed by atoms with E-state index in [9.17, 15) is 10.1 Å². The van der Waals surface area contributed by atoms with E-state index >= 15 is 0 Å². The van der Waals surface area contributed by atoms with Crippen molar-refractivity contribution in [1.29, 1.82) is 5.26 Å². The molecule has 4 nitrogen and oxygen atoms in total. The second kappa shape index (κ2) is 5.14. The summed E-state index contributed by atoms with van der Waals surface area (Å²) in [5.41, 5.74) is 1.82. The number of pyridine rings is 1. The maximum atomic E-state index is 12.3. The monoisotopic (exact) mass is 276 g/mol. The van der Waals surface area contributed by atoms with Gasteiger partial charge in [0.2, 0.25) is 0 Å². The molecule has 0 saturated carbocycles. The lowest BCUT2D eigenvalue weighted by atomic mass is 9.98. The minimum Gasteiger partial charge on any atom is -0.497 e. The summed E-state index contributed by atoms with van der Waals surface area (Å²) in [6.07, 6.45) is 0. The van der Waals surface area contributed by atoms with Crippen LogP contribution in [0.3, 0.4) is 0 Å². The largest absolute Gasteiger partial charge is 0.497 e. The van der Waals surface area contributed by atoms with Gasteiger partial charge in [0, 0.05) is 10.9 Å². The van der Waals surface area contributed by atoms with Crippen LogP contribution in [0.5, 0.6) is 5.75 Å². The molecule has 0 amide bonds. The van der Waals surface area contributed by atoms with Crippen LogP contribution < -0.4 is 10.3 Å². The van der Waals surface area contributed by atoms with Gasteiger partial charge in [-0.2, -0.15) is 5.26 Å². The SMILES string of the molecule is COc1ccc2[nH]c(=O)c(-c3ccccc3)c(C#N)c2c1. The Morgan fingerprint density at radius 3 is 2.57 bits per heavy atom. The number of hydrogen-bond donors (Lipinski definition) is 1. The number of nitriles is 1. The zero-order valence-corrected chi connectivity index (χ0v) is 11.4. The number of nitrogens with zero attached hydrogens (tertiary/aromatic N) is 1. The number of H-pyrrole nitrogens is 1. The van der Waals surface area contributed by atoms with Crippen LogP contribution in [-0.4, -0.2) is 12.1 Å². The van der Waals surface area contributed by atoms with Gasteiger partial charge in [0.05, 0.1) is 18.2 Å². The Labute approximate surface area is 121 Å². The molecule has 4 heteroatoms. The maximum absolute atomic E-state index is 12.3. The van der Waals surface area contributed by atoms with Crippen LogP contribution in [-0.2, 0) is 0 Å². The molecule has 0 aliphatic heterocycles. The predicted octanol–water partition coefficient (Wildman–Crippen LogP) is 3.08. The smallest absolute Gasteiger partial charge is 0.257 e. The average Bonchev–Trinajstić information content (AvgIpc) is 2.54. The highest BCUT2D eigenvalue weighted by atomic mass is 16.5. The number of aromatic nitrogens is 1. The molecule has 0 unspecified atom stereocenters. The van der Waals surface area contributed by atoms with Crippen molar-refractivity contribution in [1.82, 2.24) is 4.98 Å².